The summed E-state index contributed by atoms with van der Waals surface area (Å²) in [6, 6.07) is 24.7. The number of nitrogens with zero attached hydrogens (tertiary/aromatic N) is 3. The first-order chi connectivity index (χ1) is 15.5. The molecule has 0 radical (unpaired) electrons. The van der Waals surface area contributed by atoms with Crippen LogP contribution >= 0.6 is 11.8 Å². The van der Waals surface area contributed by atoms with E-state index in [1.165, 1.54) is 11.8 Å². The molecule has 3 aromatic carbocycles. The second-order valence-corrected chi connectivity index (χ2v) is 8.82. The van der Waals surface area contributed by atoms with E-state index in [-0.39, 0.29) is 23.3 Å². The predicted molar refractivity (Wildman–Crippen MR) is 132 cm³/mol. The molecule has 6 heteroatoms. The number of thioether (sulfide) groups is 1. The van der Waals surface area contributed by atoms with Gasteiger partial charge in [-0.1, -0.05) is 54.2 Å². The molecule has 162 valence electrons. The van der Waals surface area contributed by atoms with Gasteiger partial charge >= 0.3 is 0 Å². The fourth-order valence-corrected chi connectivity index (χ4v) is 4.59. The molecule has 1 amide bonds. The van der Waals surface area contributed by atoms with Gasteiger partial charge in [0.1, 0.15) is 0 Å². The quantitative estimate of drug-likeness (QED) is 0.303. The zero-order valence-electron chi connectivity index (χ0n) is 18.4. The topological polar surface area (TPSA) is 55.2 Å². The Bertz CT molecular complexity index is 1320. The van der Waals surface area contributed by atoms with E-state index in [9.17, 15) is 9.59 Å². The van der Waals surface area contributed by atoms with Gasteiger partial charge in [0.25, 0.3) is 5.56 Å². The predicted octanol–water partition coefficient (Wildman–Crippen LogP) is 5.23. The zero-order valence-corrected chi connectivity index (χ0v) is 19.2. The zero-order chi connectivity index (χ0) is 22.7. The molecule has 0 unspecified atom stereocenters. The van der Waals surface area contributed by atoms with Crippen LogP contribution in [0.4, 0.5) is 5.69 Å². The van der Waals surface area contributed by atoms with Crippen molar-refractivity contribution in [1.82, 2.24) is 9.55 Å². The molecule has 5 nitrogen and oxygen atoms in total. The fraction of sp³-hybridized carbons (Fsp3) is 0.192. The summed E-state index contributed by atoms with van der Waals surface area (Å²) in [4.78, 5) is 33.1. The van der Waals surface area contributed by atoms with Gasteiger partial charge < -0.3 is 4.90 Å². The van der Waals surface area contributed by atoms with E-state index in [0.29, 0.717) is 16.1 Å². The summed E-state index contributed by atoms with van der Waals surface area (Å²) in [6.07, 6.45) is 0. The van der Waals surface area contributed by atoms with Crippen molar-refractivity contribution in [3.05, 3.63) is 94.8 Å². The van der Waals surface area contributed by atoms with Crippen LogP contribution < -0.4 is 10.5 Å². The molecular formula is C26H25N3O2S. The third-order valence-corrected chi connectivity index (χ3v) is 6.07. The highest BCUT2D eigenvalue weighted by molar-refractivity contribution is 7.99. The van der Waals surface area contributed by atoms with Crippen LogP contribution in [0.5, 0.6) is 0 Å². The molecule has 32 heavy (non-hydrogen) atoms. The third-order valence-electron chi connectivity index (χ3n) is 5.15. The summed E-state index contributed by atoms with van der Waals surface area (Å²) < 4.78 is 1.61. The third kappa shape index (κ3) is 4.46. The van der Waals surface area contributed by atoms with Crippen LogP contribution in [-0.4, -0.2) is 27.3 Å². The summed E-state index contributed by atoms with van der Waals surface area (Å²) in [5, 5.41) is 1.06. The van der Waals surface area contributed by atoms with Gasteiger partial charge in [0, 0.05) is 11.7 Å². The van der Waals surface area contributed by atoms with Crippen molar-refractivity contribution in [2.24, 2.45) is 0 Å². The molecule has 0 spiro atoms. The van der Waals surface area contributed by atoms with Gasteiger partial charge in [-0.15, -0.1) is 0 Å². The lowest BCUT2D eigenvalue weighted by Gasteiger charge is -2.27. The number of amides is 1. The van der Waals surface area contributed by atoms with Crippen LogP contribution in [0.25, 0.3) is 16.6 Å². The van der Waals surface area contributed by atoms with E-state index in [1.54, 1.807) is 15.5 Å². The number of fused-ring (bicyclic) bond motifs is 1. The number of benzene rings is 3. The molecule has 0 fully saturated rings. The Morgan fingerprint density at radius 2 is 1.72 bits per heavy atom. The molecule has 4 aromatic rings. The molecule has 0 saturated carbocycles. The molecule has 0 atom stereocenters. The van der Waals surface area contributed by atoms with Gasteiger partial charge in [-0.05, 0) is 62.7 Å². The molecule has 0 aliphatic rings. The average Bonchev–Trinajstić information content (AvgIpc) is 2.78. The first-order valence-corrected chi connectivity index (χ1v) is 11.5. The highest BCUT2D eigenvalue weighted by Crippen LogP contribution is 2.24. The minimum absolute atomic E-state index is 0.00836. The van der Waals surface area contributed by atoms with Gasteiger partial charge in [0.05, 0.1) is 22.3 Å². The molecule has 1 heterocycles. The largest absolute Gasteiger partial charge is 0.309 e. The Kier molecular flexibility index (Phi) is 6.42. The number of hydrogen-bond donors (Lipinski definition) is 0. The average molecular weight is 444 g/mol. The van der Waals surface area contributed by atoms with Crippen molar-refractivity contribution < 1.29 is 4.79 Å². The molecule has 0 aliphatic heterocycles. The van der Waals surface area contributed by atoms with Gasteiger partial charge in [-0.2, -0.15) is 0 Å². The summed E-state index contributed by atoms with van der Waals surface area (Å²) in [5.74, 6) is 0.137. The van der Waals surface area contributed by atoms with Gasteiger partial charge in [-0.25, -0.2) is 4.98 Å². The Balaban J connectivity index is 1.73. The Morgan fingerprint density at radius 1 is 1.00 bits per heavy atom. The standard InChI is InChI=1S/C26H25N3O2S/c1-18(2)28(20-11-5-4-6-12-20)24(30)17-32-26-27-23-15-8-7-14-22(23)25(31)29(26)21-13-9-10-19(3)16-21/h4-16,18H,17H2,1-3H3. The lowest BCUT2D eigenvalue weighted by molar-refractivity contribution is -0.116. The Labute approximate surface area is 191 Å². The maximum absolute atomic E-state index is 13.4. The summed E-state index contributed by atoms with van der Waals surface area (Å²) in [6.45, 7) is 5.97. The Morgan fingerprint density at radius 3 is 2.44 bits per heavy atom. The number of aromatic nitrogens is 2. The van der Waals surface area contributed by atoms with Crippen LogP contribution in [0.15, 0.2) is 88.8 Å². The van der Waals surface area contributed by atoms with Gasteiger partial charge in [0.2, 0.25) is 5.91 Å². The highest BCUT2D eigenvalue weighted by Gasteiger charge is 2.21. The molecule has 0 N–H and O–H groups in total. The number of para-hydroxylation sites is 2. The summed E-state index contributed by atoms with van der Waals surface area (Å²) in [5.41, 5.74) is 3.13. The number of hydrogen-bond acceptors (Lipinski definition) is 4. The monoisotopic (exact) mass is 443 g/mol. The molecule has 0 aliphatic carbocycles. The molecule has 1 aromatic heterocycles. The first kappa shape index (κ1) is 21.8. The minimum Gasteiger partial charge on any atom is -0.309 e. The van der Waals surface area contributed by atoms with E-state index < -0.39 is 0 Å². The lowest BCUT2D eigenvalue weighted by Crippen LogP contribution is -2.38. The number of anilines is 1. The van der Waals surface area contributed by atoms with Crippen LogP contribution in [0.1, 0.15) is 19.4 Å². The van der Waals surface area contributed by atoms with Crippen LogP contribution in [0.3, 0.4) is 0 Å². The van der Waals surface area contributed by atoms with E-state index in [1.807, 2.05) is 93.6 Å². The van der Waals surface area contributed by atoms with Crippen LogP contribution in [-0.2, 0) is 4.79 Å². The fourth-order valence-electron chi connectivity index (χ4n) is 3.72. The number of aryl methyl sites for hydroxylation is 1. The van der Waals surface area contributed by atoms with E-state index in [4.69, 9.17) is 4.98 Å². The normalized spacial score (nSPS) is 11.1. The van der Waals surface area contributed by atoms with Gasteiger partial charge in [0.15, 0.2) is 5.16 Å². The molecule has 4 rings (SSSR count). The van der Waals surface area contributed by atoms with Crippen molar-refractivity contribution in [3.8, 4) is 5.69 Å². The summed E-state index contributed by atoms with van der Waals surface area (Å²) >= 11 is 1.29. The maximum Gasteiger partial charge on any atom is 0.266 e. The van der Waals surface area contributed by atoms with E-state index >= 15 is 0 Å². The number of rotatable bonds is 6. The van der Waals surface area contributed by atoms with Crippen LogP contribution in [0, 0.1) is 6.92 Å². The Hall–Kier alpha value is -3.38. The van der Waals surface area contributed by atoms with E-state index in [0.717, 1.165) is 16.9 Å². The SMILES string of the molecule is Cc1cccc(-n2c(SCC(=O)N(c3ccccc3)C(C)C)nc3ccccc3c2=O)c1. The smallest absolute Gasteiger partial charge is 0.266 e. The second kappa shape index (κ2) is 9.40. The second-order valence-electron chi connectivity index (χ2n) is 7.87. The lowest BCUT2D eigenvalue weighted by atomic mass is 10.2. The molecular weight excluding hydrogens is 418 g/mol. The van der Waals surface area contributed by atoms with Crippen molar-refractivity contribution >= 4 is 34.3 Å². The molecule has 0 saturated heterocycles. The highest BCUT2D eigenvalue weighted by atomic mass is 32.2. The van der Waals surface area contributed by atoms with Crippen LogP contribution in [0.2, 0.25) is 0 Å². The molecule has 0 bridgehead atoms. The van der Waals surface area contributed by atoms with E-state index in [2.05, 4.69) is 0 Å². The maximum atomic E-state index is 13.4. The van der Waals surface area contributed by atoms with Crippen molar-refractivity contribution in [2.45, 2.75) is 32.0 Å². The first-order valence-electron chi connectivity index (χ1n) is 10.5. The summed E-state index contributed by atoms with van der Waals surface area (Å²) in [7, 11) is 0. The van der Waals surface area contributed by atoms with Crippen molar-refractivity contribution in [1.29, 1.82) is 0 Å². The van der Waals surface area contributed by atoms with Crippen molar-refractivity contribution in [2.75, 3.05) is 10.7 Å². The van der Waals surface area contributed by atoms with Gasteiger partial charge in [-0.3, -0.25) is 14.2 Å². The number of carbonyl (C=O) groups excluding carboxylic acids is 1. The minimum atomic E-state index is -0.139. The number of carbonyl (C=O) groups is 1. The van der Waals surface area contributed by atoms with Crippen molar-refractivity contribution in [3.63, 3.8) is 0 Å².